The molecule has 0 spiro atoms. The van der Waals surface area contributed by atoms with Crippen molar-refractivity contribution in [1.29, 1.82) is 0 Å². The molecule has 2 aromatic heterocycles. The Hall–Kier alpha value is -3.21. The zero-order valence-corrected chi connectivity index (χ0v) is 16.8. The summed E-state index contributed by atoms with van der Waals surface area (Å²) in [5.41, 5.74) is 4.99. The van der Waals surface area contributed by atoms with E-state index in [0.717, 1.165) is 53.5 Å². The van der Waals surface area contributed by atoms with Gasteiger partial charge in [0.15, 0.2) is 0 Å². The summed E-state index contributed by atoms with van der Waals surface area (Å²) in [5.74, 6) is 0.156. The van der Waals surface area contributed by atoms with Gasteiger partial charge in [0.25, 0.3) is 0 Å². The standard InChI is InChI=1S/C25H25N3O2/c29-24-21-15-19-18-13-7-8-14-20(18)26-22(19)23(16-9-3-1-4-10-16)28(21)25(30)27(24)17-11-5-2-6-12-17/h1,3-4,7-10,13-14,17,23,26,29H,2,5-6,11-12,15H2. The Morgan fingerprint density at radius 1 is 0.900 bits per heavy atom. The summed E-state index contributed by atoms with van der Waals surface area (Å²) >= 11 is 0. The molecule has 5 heteroatoms. The fourth-order valence-electron chi connectivity index (χ4n) is 5.56. The molecule has 1 aliphatic carbocycles. The van der Waals surface area contributed by atoms with Crippen LogP contribution in [0, 0.1) is 0 Å². The number of nitrogens with zero attached hydrogens (tertiary/aromatic N) is 2. The Bertz CT molecular complexity index is 1290. The molecule has 30 heavy (non-hydrogen) atoms. The lowest BCUT2D eigenvalue weighted by Crippen LogP contribution is -2.34. The summed E-state index contributed by atoms with van der Waals surface area (Å²) in [6, 6.07) is 18.2. The van der Waals surface area contributed by atoms with Crippen LogP contribution in [0.5, 0.6) is 5.88 Å². The highest BCUT2D eigenvalue weighted by Gasteiger charge is 2.36. The van der Waals surface area contributed by atoms with E-state index in [-0.39, 0.29) is 23.7 Å². The maximum atomic E-state index is 13.7. The number of aromatic amines is 1. The van der Waals surface area contributed by atoms with Gasteiger partial charge >= 0.3 is 5.69 Å². The minimum atomic E-state index is -0.263. The molecule has 1 fully saturated rings. The van der Waals surface area contributed by atoms with Crippen LogP contribution in [0.15, 0.2) is 59.4 Å². The highest BCUT2D eigenvalue weighted by molar-refractivity contribution is 5.86. The minimum Gasteiger partial charge on any atom is -0.493 e. The highest BCUT2D eigenvalue weighted by Crippen LogP contribution is 2.42. The zero-order valence-electron chi connectivity index (χ0n) is 16.8. The van der Waals surface area contributed by atoms with Gasteiger partial charge in [-0.1, -0.05) is 67.8 Å². The van der Waals surface area contributed by atoms with E-state index in [9.17, 15) is 9.90 Å². The Kier molecular flexibility index (Phi) is 3.91. The Morgan fingerprint density at radius 3 is 2.43 bits per heavy atom. The Balaban J connectivity index is 1.62. The van der Waals surface area contributed by atoms with Gasteiger partial charge in [-0.3, -0.25) is 9.13 Å². The monoisotopic (exact) mass is 399 g/mol. The van der Waals surface area contributed by atoms with Gasteiger partial charge in [-0.25, -0.2) is 4.79 Å². The Labute approximate surface area is 174 Å². The van der Waals surface area contributed by atoms with Gasteiger partial charge in [-0.05, 0) is 30.0 Å². The van der Waals surface area contributed by atoms with Crippen LogP contribution in [-0.2, 0) is 6.42 Å². The summed E-state index contributed by atoms with van der Waals surface area (Å²) in [6.45, 7) is 0. The predicted octanol–water partition coefficient (Wildman–Crippen LogP) is 4.88. The van der Waals surface area contributed by atoms with Crippen molar-refractivity contribution in [3.05, 3.63) is 87.6 Å². The molecule has 0 amide bonds. The number of fused-ring (bicyclic) bond motifs is 4. The molecule has 2 aromatic carbocycles. The third kappa shape index (κ3) is 2.44. The topological polar surface area (TPSA) is 63.0 Å². The van der Waals surface area contributed by atoms with E-state index in [2.05, 4.69) is 29.2 Å². The van der Waals surface area contributed by atoms with E-state index in [1.54, 1.807) is 4.57 Å². The van der Waals surface area contributed by atoms with Crippen LogP contribution in [0.25, 0.3) is 10.9 Å². The molecule has 4 aromatic rings. The minimum absolute atomic E-state index is 0.0902. The molecule has 1 aliphatic heterocycles. The molecule has 2 N–H and O–H groups in total. The molecule has 5 nitrogen and oxygen atoms in total. The summed E-state index contributed by atoms with van der Waals surface area (Å²) in [6.07, 6.45) is 5.92. The summed E-state index contributed by atoms with van der Waals surface area (Å²) in [7, 11) is 0. The van der Waals surface area contributed by atoms with Crippen molar-refractivity contribution in [2.75, 3.05) is 0 Å². The summed E-state index contributed by atoms with van der Waals surface area (Å²) < 4.78 is 3.51. The van der Waals surface area contributed by atoms with E-state index in [1.165, 1.54) is 12.0 Å². The molecule has 1 atom stereocenters. The summed E-state index contributed by atoms with van der Waals surface area (Å²) in [4.78, 5) is 17.3. The van der Waals surface area contributed by atoms with Crippen LogP contribution in [-0.4, -0.2) is 19.2 Å². The van der Waals surface area contributed by atoms with Crippen molar-refractivity contribution in [3.63, 3.8) is 0 Å². The molecule has 2 aliphatic rings. The second kappa shape index (κ2) is 6.66. The van der Waals surface area contributed by atoms with Gasteiger partial charge in [0.1, 0.15) is 6.04 Å². The van der Waals surface area contributed by atoms with Crippen molar-refractivity contribution < 1.29 is 5.11 Å². The largest absolute Gasteiger partial charge is 0.493 e. The highest BCUT2D eigenvalue weighted by atomic mass is 16.3. The number of imidazole rings is 1. The molecule has 6 rings (SSSR count). The second-order valence-electron chi connectivity index (χ2n) is 8.64. The van der Waals surface area contributed by atoms with Crippen molar-refractivity contribution in [2.45, 2.75) is 50.6 Å². The number of aromatic nitrogens is 3. The molecule has 0 saturated heterocycles. The number of aromatic hydroxyl groups is 1. The third-order valence-corrected chi connectivity index (χ3v) is 6.97. The number of rotatable bonds is 2. The number of para-hydroxylation sites is 1. The van der Waals surface area contributed by atoms with Gasteiger partial charge < -0.3 is 10.1 Å². The van der Waals surface area contributed by atoms with Gasteiger partial charge in [0.05, 0.1) is 5.69 Å². The number of H-pyrrole nitrogens is 1. The third-order valence-electron chi connectivity index (χ3n) is 6.97. The van der Waals surface area contributed by atoms with Crippen LogP contribution < -0.4 is 5.69 Å². The van der Waals surface area contributed by atoms with E-state index in [1.807, 2.05) is 34.9 Å². The van der Waals surface area contributed by atoms with Crippen LogP contribution >= 0.6 is 0 Å². The van der Waals surface area contributed by atoms with Crippen LogP contribution in [0.3, 0.4) is 0 Å². The number of benzene rings is 2. The average Bonchev–Trinajstić information content (AvgIpc) is 3.28. The van der Waals surface area contributed by atoms with Crippen molar-refractivity contribution in [3.8, 4) is 5.88 Å². The fraction of sp³-hybridized carbons (Fsp3) is 0.320. The average molecular weight is 399 g/mol. The predicted molar refractivity (Wildman–Crippen MR) is 117 cm³/mol. The normalized spacial score (nSPS) is 19.0. The quantitative estimate of drug-likeness (QED) is 0.444. The van der Waals surface area contributed by atoms with Crippen molar-refractivity contribution in [2.24, 2.45) is 0 Å². The van der Waals surface area contributed by atoms with Gasteiger partial charge in [0.2, 0.25) is 5.88 Å². The number of hydrogen-bond acceptors (Lipinski definition) is 2. The van der Waals surface area contributed by atoms with Gasteiger partial charge in [0, 0.05) is 29.1 Å². The lowest BCUT2D eigenvalue weighted by Gasteiger charge is -2.26. The van der Waals surface area contributed by atoms with E-state index >= 15 is 0 Å². The molecule has 3 heterocycles. The SMILES string of the molecule is O=c1n(C2CCCCC2)c(O)c2n1C(c1ccccc1)c1[nH]c3ccccc3c1C2. The molecule has 1 saturated carbocycles. The van der Waals surface area contributed by atoms with E-state index < -0.39 is 0 Å². The lowest BCUT2D eigenvalue weighted by molar-refractivity contribution is 0.306. The van der Waals surface area contributed by atoms with E-state index in [4.69, 9.17) is 0 Å². The first-order valence-corrected chi connectivity index (χ1v) is 10.9. The van der Waals surface area contributed by atoms with Crippen LogP contribution in [0.1, 0.15) is 66.7 Å². The van der Waals surface area contributed by atoms with Gasteiger partial charge in [-0.2, -0.15) is 0 Å². The van der Waals surface area contributed by atoms with Crippen LogP contribution in [0.4, 0.5) is 0 Å². The molecule has 152 valence electrons. The molecule has 1 unspecified atom stereocenters. The van der Waals surface area contributed by atoms with Gasteiger partial charge in [-0.15, -0.1) is 0 Å². The second-order valence-corrected chi connectivity index (χ2v) is 8.64. The molecular weight excluding hydrogens is 374 g/mol. The number of nitrogens with one attached hydrogen (secondary N) is 1. The molecule has 0 radical (unpaired) electrons. The fourth-order valence-corrected chi connectivity index (χ4v) is 5.56. The number of hydrogen-bond donors (Lipinski definition) is 2. The first-order chi connectivity index (χ1) is 14.7. The van der Waals surface area contributed by atoms with Crippen molar-refractivity contribution in [1.82, 2.24) is 14.1 Å². The first-order valence-electron chi connectivity index (χ1n) is 10.9. The maximum absolute atomic E-state index is 13.7. The Morgan fingerprint density at radius 2 is 1.63 bits per heavy atom. The smallest absolute Gasteiger partial charge is 0.332 e. The zero-order chi connectivity index (χ0) is 20.2. The summed E-state index contributed by atoms with van der Waals surface area (Å²) in [5, 5.41) is 12.4. The maximum Gasteiger partial charge on any atom is 0.332 e. The molecular formula is C25H25N3O2. The lowest BCUT2D eigenvalue weighted by atomic mass is 9.93. The van der Waals surface area contributed by atoms with Crippen LogP contribution in [0.2, 0.25) is 0 Å². The van der Waals surface area contributed by atoms with E-state index in [0.29, 0.717) is 6.42 Å². The first kappa shape index (κ1) is 17.6. The molecule has 0 bridgehead atoms. The van der Waals surface area contributed by atoms with Crippen molar-refractivity contribution >= 4 is 10.9 Å².